The number of aryl methyl sites for hydroxylation is 1. The predicted octanol–water partition coefficient (Wildman–Crippen LogP) is 4.67. The van der Waals surface area contributed by atoms with Crippen LogP contribution < -0.4 is 4.74 Å². The largest absolute Gasteiger partial charge is 0.496 e. The summed E-state index contributed by atoms with van der Waals surface area (Å²) >= 11 is 7.56. The Kier molecular flexibility index (Phi) is 3.88. The van der Waals surface area contributed by atoms with Crippen LogP contribution in [0.5, 0.6) is 5.75 Å². The molecule has 0 aliphatic rings. The molecule has 1 atom stereocenters. The lowest BCUT2D eigenvalue weighted by atomic mass is 10.1. The highest BCUT2D eigenvalue weighted by Gasteiger charge is 2.21. The van der Waals surface area contributed by atoms with Crippen molar-refractivity contribution in [1.29, 1.82) is 0 Å². The number of benzene rings is 1. The molecule has 1 aromatic heterocycles. The summed E-state index contributed by atoms with van der Waals surface area (Å²) in [7, 11) is 1.52. The molecule has 0 spiro atoms. The second-order valence-electron chi connectivity index (χ2n) is 3.84. The number of halogens is 3. The van der Waals surface area contributed by atoms with E-state index >= 15 is 0 Å². The summed E-state index contributed by atoms with van der Waals surface area (Å²) in [6, 6.07) is 4.04. The van der Waals surface area contributed by atoms with Gasteiger partial charge in [0.25, 0.3) is 0 Å². The molecule has 1 aromatic carbocycles. The van der Waals surface area contributed by atoms with Crippen LogP contribution in [-0.4, -0.2) is 7.11 Å². The highest BCUT2D eigenvalue weighted by molar-refractivity contribution is 7.10. The molecule has 0 radical (unpaired) electrons. The summed E-state index contributed by atoms with van der Waals surface area (Å²) < 4.78 is 32.4. The minimum atomic E-state index is -0.755. The molecule has 1 nitrogen and oxygen atoms in total. The molecule has 0 amide bonds. The highest BCUT2D eigenvalue weighted by Crippen LogP contribution is 2.40. The summed E-state index contributed by atoms with van der Waals surface area (Å²) in [6.45, 7) is 1.51. The first kappa shape index (κ1) is 13.3. The van der Waals surface area contributed by atoms with Gasteiger partial charge in [-0.1, -0.05) is 0 Å². The average Bonchev–Trinajstić information content (AvgIpc) is 2.81. The van der Waals surface area contributed by atoms with Crippen LogP contribution in [0.15, 0.2) is 23.6 Å². The van der Waals surface area contributed by atoms with Crippen molar-refractivity contribution in [2.75, 3.05) is 7.11 Å². The second kappa shape index (κ2) is 5.24. The molecular formula is C13H11ClF2OS. The van der Waals surface area contributed by atoms with Crippen molar-refractivity contribution in [3.8, 4) is 5.75 Å². The molecule has 0 saturated carbocycles. The Bertz CT molecular complexity index is 568. The number of ether oxygens (including phenoxy) is 1. The molecule has 0 saturated heterocycles. The van der Waals surface area contributed by atoms with Crippen molar-refractivity contribution < 1.29 is 13.5 Å². The predicted molar refractivity (Wildman–Crippen MR) is 69.7 cm³/mol. The maximum Gasteiger partial charge on any atom is 0.134 e. The molecule has 0 N–H and O–H groups in total. The summed E-state index contributed by atoms with van der Waals surface area (Å²) in [5.74, 6) is -0.391. The number of methoxy groups -OCH3 is 1. The standard InChI is InChI=1S/C13H11ClF2OS/c1-7-5-10(16)8(6-9(7)15)12(14)13-11(17-2)3-4-18-13/h3-6,12H,1-2H3. The van der Waals surface area contributed by atoms with Gasteiger partial charge in [-0.05, 0) is 36.1 Å². The fourth-order valence-corrected chi connectivity index (χ4v) is 2.94. The van der Waals surface area contributed by atoms with Gasteiger partial charge in [0.05, 0.1) is 17.4 Å². The third-order valence-electron chi connectivity index (χ3n) is 2.66. The maximum absolute atomic E-state index is 13.8. The molecule has 2 aromatic rings. The minimum Gasteiger partial charge on any atom is -0.496 e. The third-order valence-corrected chi connectivity index (χ3v) is 4.20. The molecule has 5 heteroatoms. The zero-order valence-electron chi connectivity index (χ0n) is 9.84. The third kappa shape index (κ3) is 2.35. The minimum absolute atomic E-state index is 0.125. The lowest BCUT2D eigenvalue weighted by Gasteiger charge is -2.12. The van der Waals surface area contributed by atoms with Gasteiger partial charge < -0.3 is 4.74 Å². The van der Waals surface area contributed by atoms with E-state index in [4.69, 9.17) is 16.3 Å². The van der Waals surface area contributed by atoms with E-state index in [-0.39, 0.29) is 11.1 Å². The van der Waals surface area contributed by atoms with Crippen molar-refractivity contribution in [2.45, 2.75) is 12.3 Å². The van der Waals surface area contributed by atoms with Crippen LogP contribution in [0.25, 0.3) is 0 Å². The monoisotopic (exact) mass is 288 g/mol. The van der Waals surface area contributed by atoms with Gasteiger partial charge in [-0.3, -0.25) is 0 Å². The average molecular weight is 289 g/mol. The first-order chi connectivity index (χ1) is 8.54. The quantitative estimate of drug-likeness (QED) is 0.746. The summed E-state index contributed by atoms with van der Waals surface area (Å²) in [5.41, 5.74) is 0.388. The van der Waals surface area contributed by atoms with Crippen molar-refractivity contribution in [1.82, 2.24) is 0 Å². The van der Waals surface area contributed by atoms with Crippen molar-refractivity contribution in [2.24, 2.45) is 0 Å². The number of hydrogen-bond acceptors (Lipinski definition) is 2. The molecule has 0 aliphatic heterocycles. The maximum atomic E-state index is 13.8. The van der Waals surface area contributed by atoms with Gasteiger partial charge in [0, 0.05) is 5.56 Å². The van der Waals surface area contributed by atoms with E-state index in [1.807, 2.05) is 0 Å². The van der Waals surface area contributed by atoms with Crippen molar-refractivity contribution in [3.05, 3.63) is 51.2 Å². The lowest BCUT2D eigenvalue weighted by Crippen LogP contribution is -1.99. The highest BCUT2D eigenvalue weighted by atomic mass is 35.5. The molecular weight excluding hydrogens is 278 g/mol. The van der Waals surface area contributed by atoms with Gasteiger partial charge in [-0.2, -0.15) is 0 Å². The van der Waals surface area contributed by atoms with Gasteiger partial charge in [0.2, 0.25) is 0 Å². The van der Waals surface area contributed by atoms with E-state index in [0.717, 1.165) is 12.1 Å². The van der Waals surface area contributed by atoms with Gasteiger partial charge >= 0.3 is 0 Å². The van der Waals surface area contributed by atoms with Gasteiger partial charge in [-0.15, -0.1) is 22.9 Å². The van der Waals surface area contributed by atoms with Crippen molar-refractivity contribution in [3.63, 3.8) is 0 Å². The Balaban J connectivity index is 2.46. The molecule has 2 rings (SSSR count). The molecule has 0 fully saturated rings. The Hall–Kier alpha value is -1.13. The molecule has 0 bridgehead atoms. The van der Waals surface area contributed by atoms with Crippen LogP contribution >= 0.6 is 22.9 Å². The number of thiophene rings is 1. The van der Waals surface area contributed by atoms with Crippen LogP contribution in [0, 0.1) is 18.6 Å². The zero-order valence-corrected chi connectivity index (χ0v) is 11.4. The SMILES string of the molecule is COc1ccsc1C(Cl)c1cc(F)c(C)cc1F. The molecule has 1 unspecified atom stereocenters. The normalized spacial score (nSPS) is 12.5. The van der Waals surface area contributed by atoms with E-state index < -0.39 is 17.0 Å². The molecule has 0 aliphatic carbocycles. The Labute approximate surface area is 113 Å². The molecule has 1 heterocycles. The number of alkyl halides is 1. The zero-order chi connectivity index (χ0) is 13.3. The van der Waals surface area contributed by atoms with E-state index in [2.05, 4.69) is 0 Å². The first-order valence-electron chi connectivity index (χ1n) is 5.25. The fourth-order valence-electron chi connectivity index (χ4n) is 1.66. The Morgan fingerprint density at radius 3 is 2.67 bits per heavy atom. The van der Waals surface area contributed by atoms with E-state index in [1.165, 1.54) is 25.4 Å². The first-order valence-corrected chi connectivity index (χ1v) is 6.57. The number of hydrogen-bond donors (Lipinski definition) is 0. The van der Waals surface area contributed by atoms with Gasteiger partial charge in [0.15, 0.2) is 0 Å². The van der Waals surface area contributed by atoms with Crippen LogP contribution in [0.2, 0.25) is 0 Å². The van der Waals surface area contributed by atoms with Gasteiger partial charge in [0.1, 0.15) is 17.4 Å². The second-order valence-corrected chi connectivity index (χ2v) is 5.22. The summed E-state index contributed by atoms with van der Waals surface area (Å²) in [4.78, 5) is 0.668. The molecule has 96 valence electrons. The Morgan fingerprint density at radius 2 is 2.00 bits per heavy atom. The van der Waals surface area contributed by atoms with Gasteiger partial charge in [-0.25, -0.2) is 8.78 Å². The van der Waals surface area contributed by atoms with Crippen LogP contribution in [0.1, 0.15) is 21.4 Å². The van der Waals surface area contributed by atoms with E-state index in [9.17, 15) is 8.78 Å². The fraction of sp³-hybridized carbons (Fsp3) is 0.231. The summed E-state index contributed by atoms with van der Waals surface area (Å²) in [6.07, 6.45) is 0. The topological polar surface area (TPSA) is 9.23 Å². The summed E-state index contributed by atoms with van der Waals surface area (Å²) in [5, 5.41) is 1.04. The van der Waals surface area contributed by atoms with E-state index in [0.29, 0.717) is 10.6 Å². The van der Waals surface area contributed by atoms with Crippen LogP contribution in [-0.2, 0) is 0 Å². The van der Waals surface area contributed by atoms with Crippen LogP contribution in [0.4, 0.5) is 8.78 Å². The Morgan fingerprint density at radius 1 is 1.28 bits per heavy atom. The number of rotatable bonds is 3. The van der Waals surface area contributed by atoms with Crippen molar-refractivity contribution >= 4 is 22.9 Å². The van der Waals surface area contributed by atoms with Crippen LogP contribution in [0.3, 0.4) is 0 Å². The van der Waals surface area contributed by atoms with E-state index in [1.54, 1.807) is 11.4 Å². The smallest absolute Gasteiger partial charge is 0.134 e. The lowest BCUT2D eigenvalue weighted by molar-refractivity contribution is 0.412. The molecule has 18 heavy (non-hydrogen) atoms.